The van der Waals surface area contributed by atoms with Crippen LogP contribution in [-0.4, -0.2) is 5.91 Å². The number of anilines is 1. The largest absolute Gasteiger partial charge is 0.396 e. The zero-order valence-corrected chi connectivity index (χ0v) is 12.2. The number of hydrogen-bond acceptors (Lipinski definition) is 2. The summed E-state index contributed by atoms with van der Waals surface area (Å²) in [5, 5.41) is 2.51. The van der Waals surface area contributed by atoms with Gasteiger partial charge in [0.1, 0.15) is 5.82 Å². The van der Waals surface area contributed by atoms with E-state index in [1.54, 1.807) is 0 Å². The predicted molar refractivity (Wildman–Crippen MR) is 76.0 cm³/mol. The molecule has 0 radical (unpaired) electrons. The summed E-state index contributed by atoms with van der Waals surface area (Å²) in [6.07, 6.45) is 0. The molecule has 0 unspecified atom stereocenters. The van der Waals surface area contributed by atoms with Crippen molar-refractivity contribution in [3.63, 3.8) is 0 Å². The molecule has 7 heteroatoms. The third-order valence-electron chi connectivity index (χ3n) is 2.77. The smallest absolute Gasteiger partial charge is 0.252 e. The molecule has 0 saturated carbocycles. The Bertz CT molecular complexity index is 707. The van der Waals surface area contributed by atoms with Crippen LogP contribution in [-0.2, 0) is 6.54 Å². The Labute approximate surface area is 127 Å². The highest BCUT2D eigenvalue weighted by Crippen LogP contribution is 2.22. The van der Waals surface area contributed by atoms with Crippen molar-refractivity contribution < 1.29 is 18.0 Å². The third kappa shape index (κ3) is 3.55. The van der Waals surface area contributed by atoms with Crippen LogP contribution in [0.25, 0.3) is 0 Å². The van der Waals surface area contributed by atoms with Gasteiger partial charge in [-0.3, -0.25) is 4.79 Å². The Kier molecular flexibility index (Phi) is 4.52. The molecule has 0 aliphatic heterocycles. The highest BCUT2D eigenvalue weighted by molar-refractivity contribution is 9.10. The lowest BCUT2D eigenvalue weighted by Crippen LogP contribution is -2.23. The molecule has 0 atom stereocenters. The molecular formula is C14H10BrF3N2O. The van der Waals surface area contributed by atoms with Gasteiger partial charge in [0.05, 0.1) is 11.3 Å². The lowest BCUT2D eigenvalue weighted by atomic mass is 10.1. The van der Waals surface area contributed by atoms with Crippen LogP contribution in [0.3, 0.4) is 0 Å². The van der Waals surface area contributed by atoms with E-state index in [9.17, 15) is 18.0 Å². The van der Waals surface area contributed by atoms with Gasteiger partial charge in [0.2, 0.25) is 0 Å². The molecule has 2 aromatic rings. The first kappa shape index (κ1) is 15.4. The van der Waals surface area contributed by atoms with Gasteiger partial charge in [-0.1, -0.05) is 6.07 Å². The molecule has 0 saturated heterocycles. The Morgan fingerprint density at radius 2 is 1.81 bits per heavy atom. The quantitative estimate of drug-likeness (QED) is 0.826. The molecule has 21 heavy (non-hydrogen) atoms. The molecule has 2 rings (SSSR count). The van der Waals surface area contributed by atoms with Crippen molar-refractivity contribution in [2.24, 2.45) is 0 Å². The van der Waals surface area contributed by atoms with Crippen molar-refractivity contribution in [1.82, 2.24) is 5.32 Å². The fraction of sp³-hybridized carbons (Fsp3) is 0.0714. The molecule has 0 aliphatic rings. The molecule has 3 nitrogen and oxygen atoms in total. The van der Waals surface area contributed by atoms with E-state index in [1.165, 1.54) is 12.1 Å². The van der Waals surface area contributed by atoms with E-state index >= 15 is 0 Å². The standard InChI is InChI=1S/C14H10BrF3N2O/c15-9-5-12(18)13(19)4-8(9)14(21)20-6-7-1-2-10(16)11(17)3-7/h1-5H,6,19H2,(H,20,21). The number of carbonyl (C=O) groups is 1. The second kappa shape index (κ2) is 6.17. The number of nitrogens with two attached hydrogens (primary N) is 1. The fourth-order valence-electron chi connectivity index (χ4n) is 1.67. The van der Waals surface area contributed by atoms with Crippen molar-refractivity contribution in [3.8, 4) is 0 Å². The predicted octanol–water partition coefficient (Wildman–Crippen LogP) is 3.38. The number of nitrogens with one attached hydrogen (secondary N) is 1. The Morgan fingerprint density at radius 3 is 2.48 bits per heavy atom. The number of benzene rings is 2. The summed E-state index contributed by atoms with van der Waals surface area (Å²) in [6.45, 7) is -0.000244. The topological polar surface area (TPSA) is 55.1 Å². The van der Waals surface area contributed by atoms with Crippen molar-refractivity contribution in [2.75, 3.05) is 5.73 Å². The van der Waals surface area contributed by atoms with Gasteiger partial charge >= 0.3 is 0 Å². The van der Waals surface area contributed by atoms with Crippen molar-refractivity contribution >= 4 is 27.5 Å². The maximum atomic E-state index is 13.2. The highest BCUT2D eigenvalue weighted by Gasteiger charge is 2.13. The molecule has 0 aromatic heterocycles. The zero-order valence-electron chi connectivity index (χ0n) is 10.6. The Morgan fingerprint density at radius 1 is 1.10 bits per heavy atom. The fourth-order valence-corrected chi connectivity index (χ4v) is 2.16. The SMILES string of the molecule is Nc1cc(C(=O)NCc2ccc(F)c(F)c2)c(Br)cc1F. The van der Waals surface area contributed by atoms with Crippen LogP contribution in [0.2, 0.25) is 0 Å². The summed E-state index contributed by atoms with van der Waals surface area (Å²) in [5.74, 6) is -3.11. The van der Waals surface area contributed by atoms with E-state index in [-0.39, 0.29) is 22.3 Å². The van der Waals surface area contributed by atoms with Gasteiger partial charge in [0.25, 0.3) is 5.91 Å². The Balaban J connectivity index is 2.11. The monoisotopic (exact) mass is 358 g/mol. The number of rotatable bonds is 3. The molecule has 0 heterocycles. The minimum absolute atomic E-state index is 0.000244. The van der Waals surface area contributed by atoms with Crippen LogP contribution in [0.1, 0.15) is 15.9 Å². The molecule has 3 N–H and O–H groups in total. The van der Waals surface area contributed by atoms with Crippen molar-refractivity contribution in [2.45, 2.75) is 6.54 Å². The van der Waals surface area contributed by atoms with Gasteiger partial charge in [-0.15, -0.1) is 0 Å². The summed E-state index contributed by atoms with van der Waals surface area (Å²) in [7, 11) is 0. The van der Waals surface area contributed by atoms with E-state index in [4.69, 9.17) is 5.73 Å². The molecule has 0 aliphatic carbocycles. The van der Waals surface area contributed by atoms with E-state index < -0.39 is 23.4 Å². The summed E-state index contributed by atoms with van der Waals surface area (Å²) in [4.78, 5) is 12.0. The highest BCUT2D eigenvalue weighted by atomic mass is 79.9. The first-order chi connectivity index (χ1) is 9.88. The lowest BCUT2D eigenvalue weighted by Gasteiger charge is -2.09. The van der Waals surface area contributed by atoms with Crippen LogP contribution >= 0.6 is 15.9 Å². The van der Waals surface area contributed by atoms with Gasteiger partial charge in [0, 0.05) is 11.0 Å². The summed E-state index contributed by atoms with van der Waals surface area (Å²) < 4.78 is 39.3. The second-order valence-electron chi connectivity index (χ2n) is 4.28. The molecule has 110 valence electrons. The van der Waals surface area contributed by atoms with Crippen LogP contribution in [0.15, 0.2) is 34.8 Å². The number of carbonyl (C=O) groups excluding carboxylic acids is 1. The molecule has 1 amide bonds. The van der Waals surface area contributed by atoms with Crippen LogP contribution in [0.5, 0.6) is 0 Å². The van der Waals surface area contributed by atoms with Gasteiger partial charge in [-0.05, 0) is 45.8 Å². The van der Waals surface area contributed by atoms with Crippen LogP contribution < -0.4 is 11.1 Å². The van der Waals surface area contributed by atoms with Gasteiger partial charge in [-0.2, -0.15) is 0 Å². The molecule has 0 fully saturated rings. The minimum Gasteiger partial charge on any atom is -0.396 e. The molecule has 0 spiro atoms. The van der Waals surface area contributed by atoms with E-state index in [1.807, 2.05) is 0 Å². The maximum absolute atomic E-state index is 13.2. The zero-order chi connectivity index (χ0) is 15.6. The van der Waals surface area contributed by atoms with Crippen molar-refractivity contribution in [1.29, 1.82) is 0 Å². The molecule has 2 aromatic carbocycles. The Hall–Kier alpha value is -2.02. The minimum atomic E-state index is -0.992. The number of hydrogen-bond donors (Lipinski definition) is 2. The van der Waals surface area contributed by atoms with E-state index in [0.717, 1.165) is 18.2 Å². The van der Waals surface area contributed by atoms with Gasteiger partial charge in [-0.25, -0.2) is 13.2 Å². The molecule has 0 bridgehead atoms. The summed E-state index contributed by atoms with van der Waals surface area (Å²) in [5.41, 5.74) is 5.79. The number of halogens is 4. The first-order valence-electron chi connectivity index (χ1n) is 5.85. The molecular weight excluding hydrogens is 349 g/mol. The second-order valence-corrected chi connectivity index (χ2v) is 5.14. The average Bonchev–Trinajstić information content (AvgIpc) is 2.44. The first-order valence-corrected chi connectivity index (χ1v) is 6.64. The van der Waals surface area contributed by atoms with E-state index in [0.29, 0.717) is 5.56 Å². The maximum Gasteiger partial charge on any atom is 0.252 e. The van der Waals surface area contributed by atoms with Crippen LogP contribution in [0, 0.1) is 17.5 Å². The summed E-state index contributed by atoms with van der Waals surface area (Å²) in [6, 6.07) is 5.60. The number of amides is 1. The van der Waals surface area contributed by atoms with Gasteiger partial charge in [0.15, 0.2) is 11.6 Å². The van der Waals surface area contributed by atoms with Crippen LogP contribution in [0.4, 0.5) is 18.9 Å². The van der Waals surface area contributed by atoms with Crippen molar-refractivity contribution in [3.05, 3.63) is 63.4 Å². The van der Waals surface area contributed by atoms with E-state index in [2.05, 4.69) is 21.2 Å². The number of nitrogen functional groups attached to an aromatic ring is 1. The lowest BCUT2D eigenvalue weighted by molar-refractivity contribution is 0.0950. The van der Waals surface area contributed by atoms with Gasteiger partial charge < -0.3 is 11.1 Å². The third-order valence-corrected chi connectivity index (χ3v) is 3.42. The normalized spacial score (nSPS) is 10.5. The average molecular weight is 359 g/mol. The summed E-state index contributed by atoms with van der Waals surface area (Å²) >= 11 is 3.06.